The highest BCUT2D eigenvalue weighted by Crippen LogP contribution is 2.35. The highest BCUT2D eigenvalue weighted by atomic mass is 35.5. The zero-order chi connectivity index (χ0) is 13.9. The van der Waals surface area contributed by atoms with Crippen molar-refractivity contribution in [2.75, 3.05) is 5.75 Å². The van der Waals surface area contributed by atoms with Gasteiger partial charge in [0.25, 0.3) is 0 Å². The number of carbonyl (C=O) groups excluding carboxylic acids is 1. The second kappa shape index (κ2) is 5.84. The average molecular weight is 300 g/mol. The van der Waals surface area contributed by atoms with Crippen LogP contribution in [0.25, 0.3) is 0 Å². The molecule has 2 N–H and O–H groups in total. The van der Waals surface area contributed by atoms with E-state index in [0.717, 1.165) is 5.56 Å². The molecule has 0 radical (unpaired) electrons. The number of rotatable bonds is 6. The molecular formula is C13H14ClNO3S. The minimum atomic E-state index is -0.992. The van der Waals surface area contributed by atoms with Crippen LogP contribution in [0.1, 0.15) is 18.4 Å². The van der Waals surface area contributed by atoms with Gasteiger partial charge in [-0.1, -0.05) is 23.7 Å². The molecule has 19 heavy (non-hydrogen) atoms. The number of carbonyl (C=O) groups is 2. The van der Waals surface area contributed by atoms with Crippen LogP contribution in [0, 0.1) is 0 Å². The molecule has 1 aliphatic carbocycles. The normalized spacial score (nSPS) is 15.8. The number of hydrogen-bond acceptors (Lipinski definition) is 3. The maximum Gasteiger partial charge on any atom is 0.329 e. The minimum Gasteiger partial charge on any atom is -0.480 e. The number of thioether (sulfide) groups is 1. The Morgan fingerprint density at radius 1 is 1.42 bits per heavy atom. The van der Waals surface area contributed by atoms with Gasteiger partial charge in [0.15, 0.2) is 0 Å². The van der Waals surface area contributed by atoms with E-state index in [1.54, 1.807) is 6.07 Å². The molecule has 6 heteroatoms. The summed E-state index contributed by atoms with van der Waals surface area (Å²) in [7, 11) is 0. The van der Waals surface area contributed by atoms with E-state index in [-0.39, 0.29) is 11.7 Å². The Bertz CT molecular complexity index is 502. The summed E-state index contributed by atoms with van der Waals surface area (Å²) in [6.45, 7) is 0. The molecule has 1 fully saturated rings. The summed E-state index contributed by atoms with van der Waals surface area (Å²) in [4.78, 5) is 22.6. The summed E-state index contributed by atoms with van der Waals surface area (Å²) in [6.07, 6.45) is 1.04. The molecule has 1 saturated carbocycles. The molecule has 4 nitrogen and oxygen atoms in total. The van der Waals surface area contributed by atoms with Crippen molar-refractivity contribution in [3.8, 4) is 0 Å². The molecule has 0 bridgehead atoms. The van der Waals surface area contributed by atoms with Gasteiger partial charge in [0.05, 0.1) is 5.75 Å². The molecule has 1 aliphatic rings. The SMILES string of the molecule is O=C(CSCc1cccc(Cl)c1)NC1(C(=O)O)CC1. The van der Waals surface area contributed by atoms with E-state index in [0.29, 0.717) is 23.6 Å². The first-order valence-electron chi connectivity index (χ1n) is 5.88. The van der Waals surface area contributed by atoms with E-state index in [9.17, 15) is 9.59 Å². The lowest BCUT2D eigenvalue weighted by Crippen LogP contribution is -2.43. The number of amides is 1. The van der Waals surface area contributed by atoms with Gasteiger partial charge >= 0.3 is 5.97 Å². The number of benzene rings is 1. The van der Waals surface area contributed by atoms with Crippen LogP contribution in [-0.2, 0) is 15.3 Å². The highest BCUT2D eigenvalue weighted by molar-refractivity contribution is 7.99. The number of aliphatic carboxylic acids is 1. The van der Waals surface area contributed by atoms with Crippen LogP contribution in [0.15, 0.2) is 24.3 Å². The second-order valence-electron chi connectivity index (χ2n) is 4.56. The lowest BCUT2D eigenvalue weighted by atomic mass is 10.2. The molecule has 1 amide bonds. The van der Waals surface area contributed by atoms with Gasteiger partial charge in [-0.15, -0.1) is 11.8 Å². The number of nitrogens with one attached hydrogen (secondary N) is 1. The summed E-state index contributed by atoms with van der Waals surface area (Å²) in [5, 5.41) is 12.2. The molecule has 0 saturated heterocycles. The van der Waals surface area contributed by atoms with Crippen molar-refractivity contribution in [3.63, 3.8) is 0 Å². The van der Waals surface area contributed by atoms with Crippen molar-refractivity contribution in [2.45, 2.75) is 24.1 Å². The monoisotopic (exact) mass is 299 g/mol. The molecule has 1 aromatic rings. The van der Waals surface area contributed by atoms with E-state index >= 15 is 0 Å². The maximum atomic E-state index is 11.6. The fourth-order valence-electron chi connectivity index (χ4n) is 1.71. The Labute approximate surface area is 120 Å². The summed E-state index contributed by atoms with van der Waals surface area (Å²) >= 11 is 7.30. The van der Waals surface area contributed by atoms with Crippen molar-refractivity contribution in [1.82, 2.24) is 5.32 Å². The van der Waals surface area contributed by atoms with Crippen molar-refractivity contribution in [3.05, 3.63) is 34.9 Å². The number of halogens is 1. The zero-order valence-corrected chi connectivity index (χ0v) is 11.8. The predicted octanol–water partition coefficient (Wildman–Crippen LogP) is 2.31. The molecule has 2 rings (SSSR count). The third kappa shape index (κ3) is 3.88. The van der Waals surface area contributed by atoms with E-state index in [2.05, 4.69) is 5.32 Å². The number of hydrogen-bond donors (Lipinski definition) is 2. The van der Waals surface area contributed by atoms with E-state index in [4.69, 9.17) is 16.7 Å². The van der Waals surface area contributed by atoms with Gasteiger partial charge < -0.3 is 10.4 Å². The van der Waals surface area contributed by atoms with Gasteiger partial charge in [0.1, 0.15) is 5.54 Å². The van der Waals surface area contributed by atoms with Crippen molar-refractivity contribution in [2.24, 2.45) is 0 Å². The molecule has 0 aliphatic heterocycles. The minimum absolute atomic E-state index is 0.230. The second-order valence-corrected chi connectivity index (χ2v) is 5.98. The van der Waals surface area contributed by atoms with E-state index in [1.165, 1.54) is 11.8 Å². The quantitative estimate of drug-likeness (QED) is 0.846. The average Bonchev–Trinajstić information content (AvgIpc) is 3.10. The van der Waals surface area contributed by atoms with Crippen LogP contribution >= 0.6 is 23.4 Å². The standard InChI is InChI=1S/C13H14ClNO3S/c14-10-3-1-2-9(6-10)7-19-8-11(16)15-13(4-5-13)12(17)18/h1-3,6H,4-5,7-8H2,(H,15,16)(H,17,18). The molecular weight excluding hydrogens is 286 g/mol. The maximum absolute atomic E-state index is 11.6. The van der Waals surface area contributed by atoms with Crippen molar-refractivity contribution < 1.29 is 14.7 Å². The van der Waals surface area contributed by atoms with Gasteiger partial charge in [0.2, 0.25) is 5.91 Å². The van der Waals surface area contributed by atoms with Crippen LogP contribution < -0.4 is 5.32 Å². The first-order chi connectivity index (χ1) is 9.02. The van der Waals surface area contributed by atoms with Crippen LogP contribution in [-0.4, -0.2) is 28.3 Å². The largest absolute Gasteiger partial charge is 0.480 e. The smallest absolute Gasteiger partial charge is 0.329 e. The van der Waals surface area contributed by atoms with Gasteiger partial charge in [0, 0.05) is 10.8 Å². The summed E-state index contributed by atoms with van der Waals surface area (Å²) in [5.74, 6) is -0.247. The molecule has 0 spiro atoms. The Balaban J connectivity index is 1.74. The first-order valence-corrected chi connectivity index (χ1v) is 7.42. The van der Waals surface area contributed by atoms with Gasteiger partial charge in [-0.3, -0.25) is 4.79 Å². The predicted molar refractivity (Wildman–Crippen MR) is 75.4 cm³/mol. The van der Waals surface area contributed by atoms with Crippen molar-refractivity contribution in [1.29, 1.82) is 0 Å². The molecule has 1 aromatic carbocycles. The van der Waals surface area contributed by atoms with E-state index in [1.807, 2.05) is 18.2 Å². The lowest BCUT2D eigenvalue weighted by Gasteiger charge is -2.12. The molecule has 0 aromatic heterocycles. The molecule has 102 valence electrons. The van der Waals surface area contributed by atoms with Gasteiger partial charge in [-0.2, -0.15) is 0 Å². The summed E-state index contributed by atoms with van der Waals surface area (Å²) in [6, 6.07) is 7.45. The Hall–Kier alpha value is -1.20. The first kappa shape index (κ1) is 14.2. The summed E-state index contributed by atoms with van der Waals surface area (Å²) < 4.78 is 0. The van der Waals surface area contributed by atoms with Gasteiger partial charge in [-0.05, 0) is 30.5 Å². The molecule has 0 atom stereocenters. The van der Waals surface area contributed by atoms with Crippen LogP contribution in [0.4, 0.5) is 0 Å². The fourth-order valence-corrected chi connectivity index (χ4v) is 2.70. The Morgan fingerprint density at radius 3 is 2.74 bits per heavy atom. The van der Waals surface area contributed by atoms with Crippen LogP contribution in [0.3, 0.4) is 0 Å². The highest BCUT2D eigenvalue weighted by Gasteiger charge is 2.51. The fraction of sp³-hybridized carbons (Fsp3) is 0.385. The third-order valence-corrected chi connectivity index (χ3v) is 4.17. The van der Waals surface area contributed by atoms with Gasteiger partial charge in [-0.25, -0.2) is 4.79 Å². The van der Waals surface area contributed by atoms with E-state index < -0.39 is 11.5 Å². The number of carboxylic acids is 1. The zero-order valence-electron chi connectivity index (χ0n) is 10.2. The summed E-state index contributed by atoms with van der Waals surface area (Å²) in [5.41, 5.74) is 0.0536. The van der Waals surface area contributed by atoms with Crippen LogP contribution in [0.2, 0.25) is 5.02 Å². The molecule has 0 heterocycles. The topological polar surface area (TPSA) is 66.4 Å². The Kier molecular flexibility index (Phi) is 4.37. The number of carboxylic acid groups (broad SMARTS) is 1. The third-order valence-electron chi connectivity index (χ3n) is 2.93. The van der Waals surface area contributed by atoms with Crippen molar-refractivity contribution >= 4 is 35.2 Å². The van der Waals surface area contributed by atoms with Crippen LogP contribution in [0.5, 0.6) is 0 Å². The Morgan fingerprint density at radius 2 is 2.16 bits per heavy atom. The lowest BCUT2D eigenvalue weighted by molar-refractivity contribution is -0.142. The molecule has 0 unspecified atom stereocenters.